The highest BCUT2D eigenvalue weighted by Gasteiger charge is 2.36. The Labute approximate surface area is 171 Å². The molecule has 0 saturated heterocycles. The van der Waals surface area contributed by atoms with Gasteiger partial charge in [0.25, 0.3) is 0 Å². The van der Waals surface area contributed by atoms with Crippen molar-refractivity contribution in [2.75, 3.05) is 0 Å². The minimum Gasteiger partial charge on any atom is -0.488 e. The number of fused-ring (bicyclic) bond motifs is 3. The molecule has 1 aliphatic carbocycles. The second-order valence-electron chi connectivity index (χ2n) is 8.45. The molecule has 3 aromatic rings. The SMILES string of the molecule is FC1(CCC2c3cccc(OCc4ccccc4)c3-c3cncn32)CCCCC1. The van der Waals surface area contributed by atoms with Crippen molar-refractivity contribution in [3.05, 3.63) is 72.2 Å². The zero-order chi connectivity index (χ0) is 19.7. The monoisotopic (exact) mass is 390 g/mol. The highest BCUT2D eigenvalue weighted by atomic mass is 19.1. The van der Waals surface area contributed by atoms with Crippen LogP contribution in [-0.2, 0) is 6.61 Å². The molecular weight excluding hydrogens is 363 g/mol. The van der Waals surface area contributed by atoms with E-state index in [-0.39, 0.29) is 6.04 Å². The molecule has 1 aliphatic heterocycles. The molecule has 0 N–H and O–H groups in total. The van der Waals surface area contributed by atoms with Gasteiger partial charge in [-0.1, -0.05) is 61.7 Å². The lowest BCUT2D eigenvalue weighted by Gasteiger charge is -2.30. The predicted octanol–water partition coefficient (Wildman–Crippen LogP) is 6.48. The first-order valence-corrected chi connectivity index (χ1v) is 10.7. The van der Waals surface area contributed by atoms with Crippen molar-refractivity contribution in [1.82, 2.24) is 9.55 Å². The zero-order valence-corrected chi connectivity index (χ0v) is 16.7. The summed E-state index contributed by atoms with van der Waals surface area (Å²) in [5, 5.41) is 0. The highest BCUT2D eigenvalue weighted by Crippen LogP contribution is 2.48. The van der Waals surface area contributed by atoms with E-state index in [4.69, 9.17) is 4.74 Å². The molecule has 0 radical (unpaired) electrons. The Morgan fingerprint density at radius 2 is 1.86 bits per heavy atom. The van der Waals surface area contributed by atoms with E-state index in [0.29, 0.717) is 25.9 Å². The number of hydrogen-bond donors (Lipinski definition) is 0. The quantitative estimate of drug-likeness (QED) is 0.481. The van der Waals surface area contributed by atoms with Crippen LogP contribution < -0.4 is 4.74 Å². The molecule has 1 saturated carbocycles. The van der Waals surface area contributed by atoms with Gasteiger partial charge in [-0.05, 0) is 42.9 Å². The van der Waals surface area contributed by atoms with Gasteiger partial charge in [0.2, 0.25) is 0 Å². The van der Waals surface area contributed by atoms with Crippen LogP contribution in [0.15, 0.2) is 61.1 Å². The second kappa shape index (κ2) is 7.66. The van der Waals surface area contributed by atoms with E-state index in [1.807, 2.05) is 36.8 Å². The lowest BCUT2D eigenvalue weighted by atomic mass is 9.82. The van der Waals surface area contributed by atoms with Gasteiger partial charge in [-0.2, -0.15) is 0 Å². The van der Waals surface area contributed by atoms with E-state index in [1.165, 1.54) is 12.0 Å². The summed E-state index contributed by atoms with van der Waals surface area (Å²) in [6.07, 6.45) is 9.83. The van der Waals surface area contributed by atoms with Gasteiger partial charge in [-0.15, -0.1) is 0 Å². The van der Waals surface area contributed by atoms with E-state index in [1.54, 1.807) is 0 Å². The zero-order valence-electron chi connectivity index (χ0n) is 16.7. The molecule has 4 heteroatoms. The maximum absolute atomic E-state index is 15.2. The minimum atomic E-state index is -0.997. The summed E-state index contributed by atoms with van der Waals surface area (Å²) in [5.41, 5.74) is 3.56. The molecule has 2 aliphatic rings. The van der Waals surface area contributed by atoms with Gasteiger partial charge >= 0.3 is 0 Å². The van der Waals surface area contributed by atoms with Crippen molar-refractivity contribution in [2.24, 2.45) is 0 Å². The van der Waals surface area contributed by atoms with Crippen LogP contribution in [0, 0.1) is 0 Å². The molecule has 2 aromatic carbocycles. The largest absolute Gasteiger partial charge is 0.488 e. The number of imidazole rings is 1. The van der Waals surface area contributed by atoms with Crippen LogP contribution in [0.1, 0.15) is 62.1 Å². The fourth-order valence-corrected chi connectivity index (χ4v) is 4.98. The number of halogens is 1. The fourth-order valence-electron chi connectivity index (χ4n) is 4.98. The first-order chi connectivity index (χ1) is 14.2. The van der Waals surface area contributed by atoms with Crippen molar-refractivity contribution in [3.8, 4) is 17.0 Å². The third kappa shape index (κ3) is 3.57. The molecule has 0 spiro atoms. The van der Waals surface area contributed by atoms with Gasteiger partial charge in [0.15, 0.2) is 0 Å². The highest BCUT2D eigenvalue weighted by molar-refractivity contribution is 5.75. The van der Waals surface area contributed by atoms with Crippen molar-refractivity contribution in [2.45, 2.75) is 63.3 Å². The molecular formula is C25H27FN2O. The van der Waals surface area contributed by atoms with Crippen molar-refractivity contribution in [1.29, 1.82) is 0 Å². The van der Waals surface area contributed by atoms with Gasteiger partial charge in [-0.3, -0.25) is 0 Å². The molecule has 0 bridgehead atoms. The predicted molar refractivity (Wildman–Crippen MR) is 113 cm³/mol. The van der Waals surface area contributed by atoms with Gasteiger partial charge in [-0.25, -0.2) is 9.37 Å². The Kier molecular flexibility index (Phi) is 4.86. The Morgan fingerprint density at radius 3 is 2.69 bits per heavy atom. The van der Waals surface area contributed by atoms with Gasteiger partial charge in [0.1, 0.15) is 18.0 Å². The molecule has 0 amide bonds. The molecule has 1 atom stereocenters. The Morgan fingerprint density at radius 1 is 1.03 bits per heavy atom. The lowest BCUT2D eigenvalue weighted by molar-refractivity contribution is 0.0903. The van der Waals surface area contributed by atoms with E-state index in [2.05, 4.69) is 33.8 Å². The normalized spacial score (nSPS) is 19.6. The minimum absolute atomic E-state index is 0.136. The Hall–Kier alpha value is -2.62. The summed E-state index contributed by atoms with van der Waals surface area (Å²) in [5.74, 6) is 0.878. The number of aromatic nitrogens is 2. The standard InChI is InChI=1S/C25H27FN2O/c26-25(13-5-2-6-14-25)15-12-21-20-10-7-11-23(24(20)22-16-27-18-28(21)22)29-17-19-8-3-1-4-9-19/h1,3-4,7-11,16,18,21H,2,5-6,12-15,17H2. The molecule has 1 unspecified atom stereocenters. The summed E-state index contributed by atoms with van der Waals surface area (Å²) in [7, 11) is 0. The van der Waals surface area contributed by atoms with Crippen LogP contribution in [0.5, 0.6) is 5.75 Å². The summed E-state index contributed by atoms with van der Waals surface area (Å²) in [6.45, 7) is 0.531. The molecule has 29 heavy (non-hydrogen) atoms. The number of ether oxygens (including phenoxy) is 1. The lowest BCUT2D eigenvalue weighted by Crippen LogP contribution is -2.27. The number of alkyl halides is 1. The van der Waals surface area contributed by atoms with Gasteiger partial charge in [0.05, 0.1) is 24.3 Å². The van der Waals surface area contributed by atoms with Crippen molar-refractivity contribution in [3.63, 3.8) is 0 Å². The number of rotatable bonds is 6. The van der Waals surface area contributed by atoms with Crippen LogP contribution in [0.3, 0.4) is 0 Å². The van der Waals surface area contributed by atoms with Crippen molar-refractivity contribution >= 4 is 0 Å². The van der Waals surface area contributed by atoms with Crippen LogP contribution in [0.2, 0.25) is 0 Å². The topological polar surface area (TPSA) is 27.1 Å². The van der Waals surface area contributed by atoms with Crippen molar-refractivity contribution < 1.29 is 9.13 Å². The second-order valence-corrected chi connectivity index (χ2v) is 8.45. The molecule has 5 rings (SSSR count). The first-order valence-electron chi connectivity index (χ1n) is 10.7. The summed E-state index contributed by atoms with van der Waals surface area (Å²) in [6, 6.07) is 16.6. The maximum atomic E-state index is 15.2. The van der Waals surface area contributed by atoms with Crippen LogP contribution >= 0.6 is 0 Å². The van der Waals surface area contributed by atoms with Crippen LogP contribution in [0.25, 0.3) is 11.3 Å². The van der Waals surface area contributed by atoms with Crippen LogP contribution in [-0.4, -0.2) is 15.2 Å². The number of nitrogens with zero attached hydrogens (tertiary/aromatic N) is 2. The van der Waals surface area contributed by atoms with E-state index in [0.717, 1.165) is 41.8 Å². The third-order valence-corrected chi connectivity index (χ3v) is 6.53. The Bertz CT molecular complexity index is 975. The summed E-state index contributed by atoms with van der Waals surface area (Å²) in [4.78, 5) is 4.38. The molecule has 3 nitrogen and oxygen atoms in total. The number of hydrogen-bond acceptors (Lipinski definition) is 2. The summed E-state index contributed by atoms with van der Waals surface area (Å²) < 4.78 is 23.7. The average molecular weight is 391 g/mol. The number of benzene rings is 2. The molecule has 1 fully saturated rings. The van der Waals surface area contributed by atoms with Gasteiger partial charge < -0.3 is 9.30 Å². The first kappa shape index (κ1) is 18.4. The van der Waals surface area contributed by atoms with E-state index in [9.17, 15) is 0 Å². The summed E-state index contributed by atoms with van der Waals surface area (Å²) >= 11 is 0. The smallest absolute Gasteiger partial charge is 0.129 e. The maximum Gasteiger partial charge on any atom is 0.129 e. The van der Waals surface area contributed by atoms with E-state index < -0.39 is 5.67 Å². The third-order valence-electron chi connectivity index (χ3n) is 6.53. The molecule has 1 aromatic heterocycles. The van der Waals surface area contributed by atoms with E-state index >= 15 is 4.39 Å². The molecule has 2 heterocycles. The average Bonchev–Trinajstić information content (AvgIpc) is 3.33. The Balaban J connectivity index is 1.40. The van der Waals surface area contributed by atoms with Crippen LogP contribution in [0.4, 0.5) is 4.39 Å². The fraction of sp³-hybridized carbons (Fsp3) is 0.400. The molecule has 150 valence electrons. The van der Waals surface area contributed by atoms with Gasteiger partial charge in [0, 0.05) is 5.56 Å².